The van der Waals surface area contributed by atoms with Gasteiger partial charge >= 0.3 is 5.97 Å². The van der Waals surface area contributed by atoms with E-state index in [1.165, 1.54) is 19.3 Å². The second-order valence-electron chi connectivity index (χ2n) is 6.13. The van der Waals surface area contributed by atoms with Crippen molar-refractivity contribution >= 4 is 11.9 Å². The van der Waals surface area contributed by atoms with E-state index in [9.17, 15) is 14.7 Å². The molecular formula is C17H21NO3. The standard InChI is InChI=1S/C17H21NO3/c19-16(11-13-5-1-2-8-14(13)17(20)21)18-10-4-9-15(18)12-6-3-7-12/h1-2,5,8,12,15H,3-4,6-7,9-11H2,(H,20,21). The number of nitrogens with zero attached hydrogens (tertiary/aromatic N) is 1. The SMILES string of the molecule is O=C(O)c1ccccc1CC(=O)N1CCCC1C1CCC1. The van der Waals surface area contributed by atoms with Crippen LogP contribution in [0.5, 0.6) is 0 Å². The molecule has 1 aromatic carbocycles. The number of hydrogen-bond donors (Lipinski definition) is 1. The van der Waals surface area contributed by atoms with Crippen LogP contribution in [0.3, 0.4) is 0 Å². The molecule has 1 unspecified atom stereocenters. The number of rotatable bonds is 4. The quantitative estimate of drug-likeness (QED) is 0.926. The molecule has 21 heavy (non-hydrogen) atoms. The Bertz CT molecular complexity index is 551. The van der Waals surface area contributed by atoms with Gasteiger partial charge in [0.1, 0.15) is 0 Å². The second kappa shape index (κ2) is 5.88. The van der Waals surface area contributed by atoms with Crippen molar-refractivity contribution in [2.24, 2.45) is 5.92 Å². The van der Waals surface area contributed by atoms with Crippen molar-refractivity contribution in [3.63, 3.8) is 0 Å². The van der Waals surface area contributed by atoms with Gasteiger partial charge in [0.05, 0.1) is 12.0 Å². The molecule has 3 rings (SSSR count). The average molecular weight is 287 g/mol. The van der Waals surface area contributed by atoms with Crippen LogP contribution in [-0.4, -0.2) is 34.5 Å². The number of carboxylic acid groups (broad SMARTS) is 1. The van der Waals surface area contributed by atoms with E-state index in [1.807, 2.05) is 4.90 Å². The molecule has 0 radical (unpaired) electrons. The highest BCUT2D eigenvalue weighted by Gasteiger charge is 2.37. The smallest absolute Gasteiger partial charge is 0.335 e. The molecule has 0 spiro atoms. The minimum atomic E-state index is -0.963. The summed E-state index contributed by atoms with van der Waals surface area (Å²) < 4.78 is 0. The van der Waals surface area contributed by atoms with Crippen LogP contribution in [-0.2, 0) is 11.2 Å². The number of carbonyl (C=O) groups excluding carboxylic acids is 1. The third-order valence-electron chi connectivity index (χ3n) is 4.90. The van der Waals surface area contributed by atoms with Crippen molar-refractivity contribution in [1.29, 1.82) is 0 Å². The first-order valence-corrected chi connectivity index (χ1v) is 7.77. The second-order valence-corrected chi connectivity index (χ2v) is 6.13. The van der Waals surface area contributed by atoms with E-state index in [1.54, 1.807) is 24.3 Å². The molecule has 1 saturated carbocycles. The van der Waals surface area contributed by atoms with Crippen LogP contribution in [0.25, 0.3) is 0 Å². The van der Waals surface area contributed by atoms with E-state index in [0.29, 0.717) is 17.5 Å². The van der Waals surface area contributed by atoms with Crippen molar-refractivity contribution in [2.45, 2.75) is 44.6 Å². The summed E-state index contributed by atoms with van der Waals surface area (Å²) in [6.07, 6.45) is 6.14. The number of carbonyl (C=O) groups is 2. The molecule has 1 N–H and O–H groups in total. The van der Waals surface area contributed by atoms with E-state index in [2.05, 4.69) is 0 Å². The van der Waals surface area contributed by atoms with E-state index < -0.39 is 5.97 Å². The summed E-state index contributed by atoms with van der Waals surface area (Å²) in [5.41, 5.74) is 0.861. The van der Waals surface area contributed by atoms with Gasteiger partial charge in [-0.3, -0.25) is 4.79 Å². The number of aromatic carboxylic acids is 1. The van der Waals surface area contributed by atoms with Gasteiger partial charge in [-0.15, -0.1) is 0 Å². The number of benzene rings is 1. The first-order valence-electron chi connectivity index (χ1n) is 7.77. The summed E-state index contributed by atoms with van der Waals surface area (Å²) in [6.45, 7) is 0.829. The molecule has 0 aromatic heterocycles. The number of hydrogen-bond acceptors (Lipinski definition) is 2. The molecule has 0 bridgehead atoms. The Morgan fingerprint density at radius 2 is 1.90 bits per heavy atom. The van der Waals surface area contributed by atoms with Gasteiger partial charge in [-0.2, -0.15) is 0 Å². The van der Waals surface area contributed by atoms with Crippen LogP contribution in [0.2, 0.25) is 0 Å². The van der Waals surface area contributed by atoms with Gasteiger partial charge in [0.25, 0.3) is 0 Å². The molecular weight excluding hydrogens is 266 g/mol. The summed E-state index contributed by atoms with van der Waals surface area (Å²) >= 11 is 0. The van der Waals surface area contributed by atoms with Crippen LogP contribution >= 0.6 is 0 Å². The fourth-order valence-electron chi connectivity index (χ4n) is 3.56. The Morgan fingerprint density at radius 3 is 2.57 bits per heavy atom. The Balaban J connectivity index is 1.72. The molecule has 1 aliphatic carbocycles. The minimum Gasteiger partial charge on any atom is -0.478 e. The Labute approximate surface area is 124 Å². The van der Waals surface area contributed by atoms with E-state index in [0.717, 1.165) is 19.4 Å². The zero-order valence-corrected chi connectivity index (χ0v) is 12.1. The average Bonchev–Trinajstić information content (AvgIpc) is 2.86. The van der Waals surface area contributed by atoms with Crippen LogP contribution in [0.15, 0.2) is 24.3 Å². The molecule has 1 heterocycles. The molecule has 1 amide bonds. The first-order chi connectivity index (χ1) is 10.2. The minimum absolute atomic E-state index is 0.0816. The Hall–Kier alpha value is -1.84. The maximum Gasteiger partial charge on any atom is 0.335 e. The topological polar surface area (TPSA) is 57.6 Å². The van der Waals surface area contributed by atoms with Gasteiger partial charge in [0, 0.05) is 12.6 Å². The molecule has 4 heteroatoms. The normalized spacial score (nSPS) is 22.1. The van der Waals surface area contributed by atoms with Crippen molar-refractivity contribution in [3.05, 3.63) is 35.4 Å². The number of amides is 1. The predicted octanol–water partition coefficient (Wildman–Crippen LogP) is 2.72. The highest BCUT2D eigenvalue weighted by atomic mass is 16.4. The third-order valence-corrected chi connectivity index (χ3v) is 4.90. The summed E-state index contributed by atoms with van der Waals surface area (Å²) in [5, 5.41) is 9.21. The highest BCUT2D eigenvalue weighted by molar-refractivity contribution is 5.91. The summed E-state index contributed by atoms with van der Waals surface area (Å²) in [7, 11) is 0. The molecule has 1 aliphatic heterocycles. The van der Waals surface area contributed by atoms with Crippen LogP contribution in [0, 0.1) is 5.92 Å². The zero-order chi connectivity index (χ0) is 14.8. The fourth-order valence-corrected chi connectivity index (χ4v) is 3.56. The fraction of sp³-hybridized carbons (Fsp3) is 0.529. The molecule has 2 fully saturated rings. The summed E-state index contributed by atoms with van der Waals surface area (Å²) in [6, 6.07) is 7.20. The summed E-state index contributed by atoms with van der Waals surface area (Å²) in [5.74, 6) is -0.209. The van der Waals surface area contributed by atoms with Crippen molar-refractivity contribution in [1.82, 2.24) is 4.90 Å². The highest BCUT2D eigenvalue weighted by Crippen LogP contribution is 2.37. The molecule has 2 aliphatic rings. The lowest BCUT2D eigenvalue weighted by Crippen LogP contribution is -2.43. The van der Waals surface area contributed by atoms with Gasteiger partial charge in [0.2, 0.25) is 5.91 Å². The lowest BCUT2D eigenvalue weighted by Gasteiger charge is -2.37. The summed E-state index contributed by atoms with van der Waals surface area (Å²) in [4.78, 5) is 25.8. The number of likely N-dealkylation sites (tertiary alicyclic amines) is 1. The van der Waals surface area contributed by atoms with E-state index in [4.69, 9.17) is 0 Å². The lowest BCUT2D eigenvalue weighted by atomic mass is 9.78. The molecule has 1 atom stereocenters. The first kappa shape index (κ1) is 14.1. The van der Waals surface area contributed by atoms with Crippen LogP contribution < -0.4 is 0 Å². The van der Waals surface area contributed by atoms with Gasteiger partial charge in [0.15, 0.2) is 0 Å². The van der Waals surface area contributed by atoms with Gasteiger partial charge in [-0.25, -0.2) is 4.79 Å². The van der Waals surface area contributed by atoms with Crippen molar-refractivity contribution in [2.75, 3.05) is 6.54 Å². The van der Waals surface area contributed by atoms with Gasteiger partial charge < -0.3 is 10.0 Å². The molecule has 112 valence electrons. The van der Waals surface area contributed by atoms with Crippen LogP contribution in [0.1, 0.15) is 48.0 Å². The molecule has 4 nitrogen and oxygen atoms in total. The van der Waals surface area contributed by atoms with E-state index >= 15 is 0 Å². The predicted molar refractivity (Wildman–Crippen MR) is 79.2 cm³/mol. The monoisotopic (exact) mass is 287 g/mol. The molecule has 1 saturated heterocycles. The zero-order valence-electron chi connectivity index (χ0n) is 12.1. The van der Waals surface area contributed by atoms with Crippen molar-refractivity contribution < 1.29 is 14.7 Å². The van der Waals surface area contributed by atoms with Gasteiger partial charge in [-0.05, 0) is 43.2 Å². The third kappa shape index (κ3) is 2.80. The Kier molecular flexibility index (Phi) is 3.95. The van der Waals surface area contributed by atoms with E-state index in [-0.39, 0.29) is 17.9 Å². The lowest BCUT2D eigenvalue weighted by molar-refractivity contribution is -0.132. The van der Waals surface area contributed by atoms with Crippen molar-refractivity contribution in [3.8, 4) is 0 Å². The molecule has 1 aromatic rings. The maximum atomic E-state index is 12.6. The van der Waals surface area contributed by atoms with Gasteiger partial charge in [-0.1, -0.05) is 24.6 Å². The largest absolute Gasteiger partial charge is 0.478 e. The number of carboxylic acids is 1. The maximum absolute atomic E-state index is 12.6. The van der Waals surface area contributed by atoms with Crippen LogP contribution in [0.4, 0.5) is 0 Å². The Morgan fingerprint density at radius 1 is 1.14 bits per heavy atom.